The van der Waals surface area contributed by atoms with E-state index < -0.39 is 11.7 Å². The summed E-state index contributed by atoms with van der Waals surface area (Å²) in [6.07, 6.45) is 4.57. The molecule has 1 fully saturated rings. The molecule has 230 valence electrons. The lowest BCUT2D eigenvalue weighted by Gasteiger charge is -2.17. The van der Waals surface area contributed by atoms with Crippen molar-refractivity contribution in [3.05, 3.63) is 90.5 Å². The first kappa shape index (κ1) is 29.8. The Morgan fingerprint density at radius 3 is 2.49 bits per heavy atom. The molecule has 1 unspecified atom stereocenters. The largest absolute Gasteiger partial charge is 0.494 e. The van der Waals surface area contributed by atoms with E-state index in [1.165, 1.54) is 19.5 Å². The summed E-state index contributed by atoms with van der Waals surface area (Å²) in [7, 11) is 4.98. The second-order valence-corrected chi connectivity index (χ2v) is 11.0. The van der Waals surface area contributed by atoms with Crippen LogP contribution >= 0.6 is 0 Å². The van der Waals surface area contributed by atoms with E-state index in [0.29, 0.717) is 51.1 Å². The van der Waals surface area contributed by atoms with Gasteiger partial charge in [-0.1, -0.05) is 30.3 Å². The minimum atomic E-state index is -0.849. The lowest BCUT2D eigenvalue weighted by Crippen LogP contribution is -2.24. The first-order valence-electron chi connectivity index (χ1n) is 14.7. The zero-order chi connectivity index (χ0) is 31.5. The Bertz CT molecular complexity index is 1930. The van der Waals surface area contributed by atoms with Gasteiger partial charge in [-0.2, -0.15) is 0 Å². The van der Waals surface area contributed by atoms with Gasteiger partial charge in [0.25, 0.3) is 5.91 Å². The molecule has 5 aromatic rings. The molecule has 1 amide bonds. The normalized spacial score (nSPS) is 15.3. The number of halogens is 1. The van der Waals surface area contributed by atoms with Crippen molar-refractivity contribution in [2.75, 3.05) is 38.4 Å². The first-order valence-corrected chi connectivity index (χ1v) is 14.7. The van der Waals surface area contributed by atoms with Gasteiger partial charge in [-0.3, -0.25) is 9.69 Å². The summed E-state index contributed by atoms with van der Waals surface area (Å²) in [5.74, 6) is 1.01. The monoisotopic (exact) mass is 607 g/mol. The van der Waals surface area contributed by atoms with Crippen LogP contribution in [0, 0.1) is 6.92 Å². The number of hydrogen-bond acceptors (Lipinski definition) is 8. The number of carbonyl (C=O) groups excluding carboxylic acids is 1. The summed E-state index contributed by atoms with van der Waals surface area (Å²) in [5, 5.41) is 8.80. The molecule has 0 radical (unpaired) electrons. The predicted octanol–water partition coefficient (Wildman–Crippen LogP) is 7.53. The van der Waals surface area contributed by atoms with Gasteiger partial charge in [-0.25, -0.2) is 14.4 Å². The van der Waals surface area contributed by atoms with E-state index in [1.807, 2.05) is 67.4 Å². The Labute approximate surface area is 260 Å². The van der Waals surface area contributed by atoms with Gasteiger partial charge in [-0.15, -0.1) is 0 Å². The molecule has 1 aliphatic rings. The van der Waals surface area contributed by atoms with E-state index in [2.05, 4.69) is 26.7 Å². The molecular formula is C35H34FN5O4. The summed E-state index contributed by atoms with van der Waals surface area (Å²) in [5.41, 5.74) is 2.38. The number of fused-ring (bicyclic) bond motifs is 2. The van der Waals surface area contributed by atoms with E-state index >= 15 is 0 Å². The molecule has 6 rings (SSSR count). The van der Waals surface area contributed by atoms with Gasteiger partial charge in [0.1, 0.15) is 35.1 Å². The number of amides is 1. The smallest absolute Gasteiger partial charge is 0.284 e. The van der Waals surface area contributed by atoms with Crippen molar-refractivity contribution in [1.29, 1.82) is 0 Å². The lowest BCUT2D eigenvalue weighted by atomic mass is 10.1. The number of benzene rings is 4. The van der Waals surface area contributed by atoms with Crippen molar-refractivity contribution in [3.63, 3.8) is 0 Å². The molecule has 1 aliphatic heterocycles. The van der Waals surface area contributed by atoms with Crippen LogP contribution in [0.2, 0.25) is 0 Å². The standard InChI is InChI=1S/C35H34FN5O4/c1-21-14-29(33(44-4)19-31(21)45-25-12-11-22-8-5-6-9-23(22)15-25)39-34-26-17-30(32(43-3)18-28(26)37-20-38-34)40-35(42)27(36)16-24-10-7-13-41(24)2/h5-6,8-9,11-12,14-20,24H,7,10,13H2,1-4H3,(H,40,42)(H,37,38,39)/b27-16-. The summed E-state index contributed by atoms with van der Waals surface area (Å²) >= 11 is 0. The number of likely N-dealkylation sites (tertiary alicyclic amines) is 1. The highest BCUT2D eigenvalue weighted by molar-refractivity contribution is 6.05. The molecule has 0 spiro atoms. The van der Waals surface area contributed by atoms with Gasteiger partial charge in [0.15, 0.2) is 5.83 Å². The second kappa shape index (κ2) is 12.8. The van der Waals surface area contributed by atoms with E-state index in [4.69, 9.17) is 14.2 Å². The van der Waals surface area contributed by atoms with Crippen LogP contribution in [0.4, 0.5) is 21.6 Å². The number of carbonyl (C=O) groups is 1. The van der Waals surface area contributed by atoms with Crippen LogP contribution in [-0.4, -0.2) is 54.6 Å². The number of methoxy groups -OCH3 is 2. The average molecular weight is 608 g/mol. The van der Waals surface area contributed by atoms with E-state index in [1.54, 1.807) is 19.2 Å². The average Bonchev–Trinajstić information content (AvgIpc) is 3.45. The zero-order valence-corrected chi connectivity index (χ0v) is 25.6. The van der Waals surface area contributed by atoms with Crippen molar-refractivity contribution in [2.45, 2.75) is 25.8 Å². The third kappa shape index (κ3) is 6.37. The minimum Gasteiger partial charge on any atom is -0.494 e. The Balaban J connectivity index is 1.28. The molecule has 9 nitrogen and oxygen atoms in total. The predicted molar refractivity (Wildman–Crippen MR) is 175 cm³/mol. The molecule has 10 heteroatoms. The highest BCUT2D eigenvalue weighted by Gasteiger charge is 2.22. The number of aromatic nitrogens is 2. The SMILES string of the molecule is COc1cc2ncnc(Nc3cc(C)c(Oc4ccc5ccccc5c4)cc3OC)c2cc1NC(=O)/C(F)=C/C1CCCN1C. The molecule has 0 bridgehead atoms. The summed E-state index contributed by atoms with van der Waals surface area (Å²) in [6, 6.07) is 21.0. The number of anilines is 3. The molecule has 0 aliphatic carbocycles. The summed E-state index contributed by atoms with van der Waals surface area (Å²) < 4.78 is 32.4. The fourth-order valence-corrected chi connectivity index (χ4v) is 5.55. The number of ether oxygens (including phenoxy) is 3. The quantitative estimate of drug-likeness (QED) is 0.166. The van der Waals surface area contributed by atoms with Gasteiger partial charge < -0.3 is 24.8 Å². The third-order valence-corrected chi connectivity index (χ3v) is 8.04. The molecular weight excluding hydrogens is 573 g/mol. The van der Waals surface area contributed by atoms with Crippen molar-refractivity contribution < 1.29 is 23.4 Å². The number of nitrogens with one attached hydrogen (secondary N) is 2. The van der Waals surface area contributed by atoms with Crippen molar-refractivity contribution in [3.8, 4) is 23.0 Å². The van der Waals surface area contributed by atoms with Crippen molar-refractivity contribution in [1.82, 2.24) is 14.9 Å². The third-order valence-electron chi connectivity index (χ3n) is 8.04. The van der Waals surface area contributed by atoms with E-state index in [-0.39, 0.29) is 6.04 Å². The minimum absolute atomic E-state index is 0.110. The maximum absolute atomic E-state index is 14.9. The van der Waals surface area contributed by atoms with Crippen molar-refractivity contribution >= 4 is 44.8 Å². The molecule has 0 saturated carbocycles. The number of nitrogens with zero attached hydrogens (tertiary/aromatic N) is 3. The molecule has 1 aromatic heterocycles. The number of aryl methyl sites for hydroxylation is 1. The lowest BCUT2D eigenvalue weighted by molar-refractivity contribution is -0.114. The topological polar surface area (TPSA) is 97.8 Å². The van der Waals surface area contributed by atoms with Gasteiger partial charge in [0.05, 0.1) is 31.1 Å². The Hall–Kier alpha value is -5.22. The van der Waals surface area contributed by atoms with Crippen LogP contribution in [-0.2, 0) is 4.79 Å². The summed E-state index contributed by atoms with van der Waals surface area (Å²) in [4.78, 5) is 23.7. The van der Waals surface area contributed by atoms with Crippen LogP contribution in [0.15, 0.2) is 85.0 Å². The maximum Gasteiger partial charge on any atom is 0.284 e. The molecule has 2 N–H and O–H groups in total. The van der Waals surface area contributed by atoms with Gasteiger partial charge in [0.2, 0.25) is 0 Å². The zero-order valence-electron chi connectivity index (χ0n) is 25.6. The maximum atomic E-state index is 14.9. The Morgan fingerprint density at radius 2 is 1.73 bits per heavy atom. The highest BCUT2D eigenvalue weighted by atomic mass is 19.1. The van der Waals surface area contributed by atoms with Gasteiger partial charge >= 0.3 is 0 Å². The van der Waals surface area contributed by atoms with Crippen LogP contribution < -0.4 is 24.8 Å². The molecule has 45 heavy (non-hydrogen) atoms. The Morgan fingerprint density at radius 1 is 0.956 bits per heavy atom. The van der Waals surface area contributed by atoms with E-state index in [0.717, 1.165) is 35.7 Å². The van der Waals surface area contributed by atoms with Gasteiger partial charge in [0, 0.05) is 23.6 Å². The molecule has 2 heterocycles. The van der Waals surface area contributed by atoms with Crippen LogP contribution in [0.1, 0.15) is 18.4 Å². The molecule has 1 saturated heterocycles. The van der Waals surface area contributed by atoms with Crippen LogP contribution in [0.25, 0.3) is 21.7 Å². The highest BCUT2D eigenvalue weighted by Crippen LogP contribution is 2.39. The van der Waals surface area contributed by atoms with Crippen LogP contribution in [0.5, 0.6) is 23.0 Å². The first-order chi connectivity index (χ1) is 21.8. The number of rotatable bonds is 9. The number of likely N-dealkylation sites (N-methyl/N-ethyl adjacent to an activating group) is 1. The van der Waals surface area contributed by atoms with E-state index in [9.17, 15) is 9.18 Å². The Kier molecular flexibility index (Phi) is 8.48. The fourth-order valence-electron chi connectivity index (χ4n) is 5.55. The second-order valence-electron chi connectivity index (χ2n) is 11.0. The number of hydrogen-bond donors (Lipinski definition) is 2. The van der Waals surface area contributed by atoms with Crippen molar-refractivity contribution in [2.24, 2.45) is 0 Å². The van der Waals surface area contributed by atoms with Gasteiger partial charge in [-0.05, 0) is 80.0 Å². The molecule has 4 aromatic carbocycles. The van der Waals surface area contributed by atoms with Crippen LogP contribution in [0.3, 0.4) is 0 Å². The molecule has 1 atom stereocenters. The summed E-state index contributed by atoms with van der Waals surface area (Å²) in [6.45, 7) is 2.82. The fraction of sp³-hybridized carbons (Fsp3) is 0.229.